The van der Waals surface area contributed by atoms with Crippen molar-refractivity contribution in [1.82, 2.24) is 13.3 Å². The zero-order valence-electron chi connectivity index (χ0n) is 12.6. The van der Waals surface area contributed by atoms with E-state index in [9.17, 15) is 8.42 Å². The minimum atomic E-state index is -3.57. The Balaban J connectivity index is 2.28. The maximum atomic E-state index is 12.0. The molecule has 9 heteroatoms. The highest BCUT2D eigenvalue weighted by molar-refractivity contribution is 7.87. The lowest BCUT2D eigenvalue weighted by Crippen LogP contribution is -2.41. The fourth-order valence-corrected chi connectivity index (χ4v) is 2.51. The van der Waals surface area contributed by atoms with Gasteiger partial charge in [-0.25, -0.2) is 8.96 Å². The lowest BCUT2D eigenvalue weighted by Gasteiger charge is -2.32. The van der Waals surface area contributed by atoms with E-state index in [0.29, 0.717) is 5.59 Å². The highest BCUT2D eigenvalue weighted by atomic mass is 32.2. The molecule has 1 aliphatic heterocycles. The number of aromatic nitrogens is 2. The molecule has 0 aromatic carbocycles. The zero-order chi connectivity index (χ0) is 15.3. The minimum absolute atomic E-state index is 0.439. The Kier molecular flexibility index (Phi) is 3.53. The quantitative estimate of drug-likeness (QED) is 0.725. The van der Waals surface area contributed by atoms with Gasteiger partial charge in [-0.3, -0.25) is 0 Å². The van der Waals surface area contributed by atoms with Crippen LogP contribution in [0.15, 0.2) is 12.5 Å². The number of imidazole rings is 1. The SMILES string of the molecule is CN(C)S(=O)(=O)n1cnc(B2OC(C)(C)C(C)(C)O2)c1. The van der Waals surface area contributed by atoms with E-state index in [4.69, 9.17) is 9.31 Å². The van der Waals surface area contributed by atoms with Gasteiger partial charge < -0.3 is 9.31 Å². The van der Waals surface area contributed by atoms with Crippen molar-refractivity contribution < 1.29 is 17.7 Å². The van der Waals surface area contributed by atoms with Gasteiger partial charge in [0, 0.05) is 20.3 Å². The first-order valence-corrected chi connectivity index (χ1v) is 7.70. The predicted molar refractivity (Wildman–Crippen MR) is 75.9 cm³/mol. The van der Waals surface area contributed by atoms with Gasteiger partial charge in [-0.15, -0.1) is 0 Å². The predicted octanol–water partition coefficient (Wildman–Crippen LogP) is -0.163. The van der Waals surface area contributed by atoms with E-state index in [1.807, 2.05) is 27.7 Å². The summed E-state index contributed by atoms with van der Waals surface area (Å²) in [6.45, 7) is 7.72. The van der Waals surface area contributed by atoms with Crippen molar-refractivity contribution in [2.75, 3.05) is 14.1 Å². The third-order valence-corrected chi connectivity index (χ3v) is 5.46. The van der Waals surface area contributed by atoms with Crippen LogP contribution in [0.5, 0.6) is 0 Å². The lowest BCUT2D eigenvalue weighted by atomic mass is 9.86. The van der Waals surface area contributed by atoms with Crippen LogP contribution in [0.1, 0.15) is 27.7 Å². The Morgan fingerprint density at radius 1 is 1.20 bits per heavy atom. The Morgan fingerprint density at radius 2 is 1.70 bits per heavy atom. The van der Waals surface area contributed by atoms with E-state index in [1.165, 1.54) is 26.6 Å². The molecule has 1 aromatic heterocycles. The Labute approximate surface area is 120 Å². The second-order valence-electron chi connectivity index (χ2n) is 6.01. The van der Waals surface area contributed by atoms with Crippen molar-refractivity contribution in [1.29, 1.82) is 0 Å². The molecule has 0 saturated carbocycles. The lowest BCUT2D eigenvalue weighted by molar-refractivity contribution is 0.00578. The summed E-state index contributed by atoms with van der Waals surface area (Å²) in [5.41, 5.74) is -0.530. The first kappa shape index (κ1) is 15.5. The third-order valence-electron chi connectivity index (χ3n) is 3.80. The molecule has 1 saturated heterocycles. The molecular weight excluding hydrogens is 281 g/mol. The van der Waals surface area contributed by atoms with Gasteiger partial charge in [0.05, 0.1) is 16.8 Å². The molecule has 2 heterocycles. The minimum Gasteiger partial charge on any atom is -0.398 e. The molecular formula is C11H20BN3O4S. The maximum absolute atomic E-state index is 12.0. The summed E-state index contributed by atoms with van der Waals surface area (Å²) in [4.78, 5) is 4.09. The van der Waals surface area contributed by atoms with Crippen molar-refractivity contribution in [2.45, 2.75) is 38.9 Å². The van der Waals surface area contributed by atoms with Gasteiger partial charge in [-0.2, -0.15) is 12.7 Å². The van der Waals surface area contributed by atoms with Crippen LogP contribution < -0.4 is 5.59 Å². The summed E-state index contributed by atoms with van der Waals surface area (Å²) in [5.74, 6) is 0. The molecule has 0 spiro atoms. The third kappa shape index (κ3) is 2.39. The smallest absolute Gasteiger partial charge is 0.398 e. The van der Waals surface area contributed by atoms with Crippen molar-refractivity contribution >= 4 is 22.9 Å². The second-order valence-corrected chi connectivity index (χ2v) is 8.05. The molecule has 1 aromatic rings. The molecule has 0 radical (unpaired) electrons. The van der Waals surface area contributed by atoms with Crippen LogP contribution in [-0.4, -0.2) is 54.1 Å². The number of hydrogen-bond donors (Lipinski definition) is 0. The first-order chi connectivity index (χ1) is 8.97. The largest absolute Gasteiger partial charge is 0.516 e. The van der Waals surface area contributed by atoms with Gasteiger partial charge in [0.2, 0.25) is 0 Å². The summed E-state index contributed by atoms with van der Waals surface area (Å²) in [6, 6.07) is 0. The summed E-state index contributed by atoms with van der Waals surface area (Å²) < 4.78 is 37.8. The van der Waals surface area contributed by atoms with Gasteiger partial charge in [0.15, 0.2) is 0 Å². The zero-order valence-corrected chi connectivity index (χ0v) is 13.4. The van der Waals surface area contributed by atoms with Gasteiger partial charge in [-0.1, -0.05) is 0 Å². The number of hydrogen-bond acceptors (Lipinski definition) is 5. The van der Waals surface area contributed by atoms with Crippen molar-refractivity contribution in [3.05, 3.63) is 12.5 Å². The van der Waals surface area contributed by atoms with Crippen LogP contribution >= 0.6 is 0 Å². The summed E-state index contributed by atoms with van der Waals surface area (Å²) in [6.07, 6.45) is 2.66. The molecule has 1 fully saturated rings. The van der Waals surface area contributed by atoms with Gasteiger partial charge >= 0.3 is 17.3 Å². The van der Waals surface area contributed by atoms with Crippen molar-refractivity contribution in [3.8, 4) is 0 Å². The van der Waals surface area contributed by atoms with E-state index >= 15 is 0 Å². The van der Waals surface area contributed by atoms with Crippen LogP contribution in [0.4, 0.5) is 0 Å². The van der Waals surface area contributed by atoms with E-state index in [1.54, 1.807) is 0 Å². The molecule has 0 atom stereocenters. The topological polar surface area (TPSA) is 73.7 Å². The van der Waals surface area contributed by atoms with E-state index in [2.05, 4.69) is 4.98 Å². The van der Waals surface area contributed by atoms with Crippen LogP contribution in [0.2, 0.25) is 0 Å². The van der Waals surface area contributed by atoms with Crippen LogP contribution in [0.25, 0.3) is 0 Å². The Hall–Kier alpha value is -0.895. The summed E-state index contributed by atoms with van der Waals surface area (Å²) in [7, 11) is -1.31. The number of nitrogens with zero attached hydrogens (tertiary/aromatic N) is 3. The second kappa shape index (κ2) is 4.55. The molecule has 20 heavy (non-hydrogen) atoms. The van der Waals surface area contributed by atoms with Crippen molar-refractivity contribution in [3.63, 3.8) is 0 Å². The monoisotopic (exact) mass is 301 g/mol. The average molecular weight is 301 g/mol. The molecule has 0 aliphatic carbocycles. The standard InChI is InChI=1S/C11H20BN3O4S/c1-10(2)11(3,4)19-12(18-10)9-7-15(8-13-9)20(16,17)14(5)6/h7-8H,1-6H3. The van der Waals surface area contributed by atoms with Gasteiger partial charge in [-0.05, 0) is 27.7 Å². The maximum Gasteiger partial charge on any atom is 0.516 e. The fourth-order valence-electron chi connectivity index (χ4n) is 1.72. The molecule has 0 unspecified atom stereocenters. The first-order valence-electron chi connectivity index (χ1n) is 6.30. The van der Waals surface area contributed by atoms with Gasteiger partial charge in [0.25, 0.3) is 0 Å². The average Bonchev–Trinajstić information content (AvgIpc) is 2.82. The van der Waals surface area contributed by atoms with E-state index < -0.39 is 28.5 Å². The highest BCUT2D eigenvalue weighted by Crippen LogP contribution is 2.36. The van der Waals surface area contributed by atoms with Crippen LogP contribution in [0, 0.1) is 0 Å². The van der Waals surface area contributed by atoms with E-state index in [-0.39, 0.29) is 0 Å². The van der Waals surface area contributed by atoms with Crippen LogP contribution in [0.3, 0.4) is 0 Å². The fraction of sp³-hybridized carbons (Fsp3) is 0.727. The van der Waals surface area contributed by atoms with Crippen molar-refractivity contribution in [2.24, 2.45) is 0 Å². The molecule has 2 rings (SSSR count). The molecule has 0 N–H and O–H groups in total. The molecule has 1 aliphatic rings. The van der Waals surface area contributed by atoms with Gasteiger partial charge in [0.1, 0.15) is 6.33 Å². The summed E-state index contributed by atoms with van der Waals surface area (Å²) >= 11 is 0. The Morgan fingerprint density at radius 3 is 2.15 bits per heavy atom. The number of rotatable bonds is 3. The van der Waals surface area contributed by atoms with Crippen LogP contribution in [-0.2, 0) is 19.5 Å². The molecule has 7 nitrogen and oxygen atoms in total. The molecule has 0 amide bonds. The normalized spacial score (nSPS) is 21.6. The molecule has 0 bridgehead atoms. The molecule has 112 valence electrons. The summed E-state index contributed by atoms with van der Waals surface area (Å²) in [5, 5.41) is 0. The Bertz CT molecular complexity index is 593. The highest BCUT2D eigenvalue weighted by Gasteiger charge is 2.52. The van der Waals surface area contributed by atoms with E-state index in [0.717, 1.165) is 8.28 Å².